The van der Waals surface area contributed by atoms with Crippen LogP contribution < -0.4 is 0 Å². The van der Waals surface area contributed by atoms with Crippen molar-refractivity contribution < 1.29 is 23.5 Å². The van der Waals surface area contributed by atoms with E-state index in [1.165, 1.54) is 12.1 Å². The highest BCUT2D eigenvalue weighted by Crippen LogP contribution is 2.40. The van der Waals surface area contributed by atoms with Gasteiger partial charge in [0.25, 0.3) is 0 Å². The molecule has 2 aliphatic heterocycles. The van der Waals surface area contributed by atoms with Gasteiger partial charge < -0.3 is 14.9 Å². The third kappa shape index (κ3) is 3.38. The molecule has 0 radical (unpaired) electrons. The molecule has 2 heterocycles. The summed E-state index contributed by atoms with van der Waals surface area (Å²) in [7, 11) is 0. The smallest absolute Gasteiger partial charge is 0.230 e. The summed E-state index contributed by atoms with van der Waals surface area (Å²) in [5.41, 5.74) is -0.468. The molecule has 0 bridgehead atoms. The first-order valence-electron chi connectivity index (χ1n) is 8.58. The summed E-state index contributed by atoms with van der Waals surface area (Å²) < 4.78 is 27.3. The fraction of sp³-hybridized carbons (Fsp3) is 0.556. The number of aliphatic hydroxyl groups is 1. The maximum absolute atomic E-state index is 13.9. The number of likely N-dealkylation sites (tertiary alicyclic amines) is 2. The van der Waals surface area contributed by atoms with E-state index in [1.54, 1.807) is 9.80 Å². The fourth-order valence-corrected chi connectivity index (χ4v) is 3.90. The number of halogens is 2. The van der Waals surface area contributed by atoms with Crippen LogP contribution in [0.2, 0.25) is 0 Å². The number of aliphatic hydroxyl groups excluding tert-OH is 1. The normalized spacial score (nSPS) is 23.6. The maximum Gasteiger partial charge on any atom is 0.230 e. The Morgan fingerprint density at radius 1 is 1.24 bits per heavy atom. The van der Waals surface area contributed by atoms with E-state index in [1.807, 2.05) is 0 Å². The van der Waals surface area contributed by atoms with E-state index in [2.05, 4.69) is 0 Å². The molecule has 136 valence electrons. The van der Waals surface area contributed by atoms with Crippen molar-refractivity contribution >= 4 is 11.8 Å². The lowest BCUT2D eigenvalue weighted by molar-refractivity contribution is -0.147. The van der Waals surface area contributed by atoms with Crippen molar-refractivity contribution in [2.24, 2.45) is 5.41 Å². The maximum atomic E-state index is 13.9. The average Bonchev–Trinajstić information content (AvgIpc) is 3.02. The average molecular weight is 352 g/mol. The van der Waals surface area contributed by atoms with Crippen LogP contribution in [0.25, 0.3) is 0 Å². The Balaban J connectivity index is 1.73. The molecular formula is C18H22F2N2O3. The van der Waals surface area contributed by atoms with Crippen LogP contribution in [-0.2, 0) is 16.1 Å². The first-order valence-corrected chi connectivity index (χ1v) is 8.58. The number of carbonyl (C=O) groups excluding carboxylic acids is 2. The lowest BCUT2D eigenvalue weighted by Gasteiger charge is -2.39. The van der Waals surface area contributed by atoms with E-state index >= 15 is 0 Å². The van der Waals surface area contributed by atoms with Crippen molar-refractivity contribution in [3.8, 4) is 0 Å². The van der Waals surface area contributed by atoms with Gasteiger partial charge >= 0.3 is 0 Å². The van der Waals surface area contributed by atoms with Crippen molar-refractivity contribution in [2.75, 3.05) is 26.2 Å². The number of rotatable bonds is 4. The molecule has 2 fully saturated rings. The number of nitrogens with zero attached hydrogens (tertiary/aromatic N) is 2. The largest absolute Gasteiger partial charge is 0.396 e. The molecule has 2 aliphatic rings. The zero-order valence-corrected chi connectivity index (χ0v) is 14.0. The predicted octanol–water partition coefficient (Wildman–Crippen LogP) is 1.69. The molecule has 2 saturated heterocycles. The SMILES string of the molecule is O=C(CCO)N1CCC2(CCCN(Cc3cccc(F)c3F)C2=O)C1. The monoisotopic (exact) mass is 352 g/mol. The highest BCUT2D eigenvalue weighted by Gasteiger charge is 2.49. The van der Waals surface area contributed by atoms with Gasteiger partial charge in [0.15, 0.2) is 11.6 Å². The number of amides is 2. The van der Waals surface area contributed by atoms with Gasteiger partial charge in [0.2, 0.25) is 11.8 Å². The number of piperidine rings is 1. The number of hydrogen-bond acceptors (Lipinski definition) is 3. The minimum Gasteiger partial charge on any atom is -0.396 e. The highest BCUT2D eigenvalue weighted by atomic mass is 19.2. The van der Waals surface area contributed by atoms with Crippen LogP contribution in [0.1, 0.15) is 31.2 Å². The zero-order valence-electron chi connectivity index (χ0n) is 14.0. The summed E-state index contributed by atoms with van der Waals surface area (Å²) in [4.78, 5) is 28.2. The molecule has 7 heteroatoms. The molecule has 25 heavy (non-hydrogen) atoms. The van der Waals surface area contributed by atoms with Crippen LogP contribution in [-0.4, -0.2) is 53.0 Å². The van der Waals surface area contributed by atoms with E-state index in [0.29, 0.717) is 32.5 Å². The topological polar surface area (TPSA) is 60.9 Å². The number of benzene rings is 1. The van der Waals surface area contributed by atoms with E-state index < -0.39 is 17.0 Å². The highest BCUT2D eigenvalue weighted by molar-refractivity contribution is 5.86. The molecule has 3 rings (SSSR count). The van der Waals surface area contributed by atoms with Gasteiger partial charge in [-0.1, -0.05) is 12.1 Å². The van der Waals surface area contributed by atoms with Crippen molar-refractivity contribution in [1.29, 1.82) is 0 Å². The number of hydrogen-bond donors (Lipinski definition) is 1. The fourth-order valence-electron chi connectivity index (χ4n) is 3.90. The molecule has 1 aromatic rings. The first-order chi connectivity index (χ1) is 12.0. The summed E-state index contributed by atoms with van der Waals surface area (Å²) in [6.07, 6.45) is 2.09. The summed E-state index contributed by atoms with van der Waals surface area (Å²) in [6.45, 7) is 1.16. The van der Waals surface area contributed by atoms with Crippen LogP contribution in [0.15, 0.2) is 18.2 Å². The second kappa shape index (κ2) is 7.07. The second-order valence-electron chi connectivity index (χ2n) is 6.86. The van der Waals surface area contributed by atoms with Gasteiger partial charge in [-0.05, 0) is 25.3 Å². The van der Waals surface area contributed by atoms with E-state index in [-0.39, 0.29) is 37.0 Å². The molecule has 2 amide bonds. The van der Waals surface area contributed by atoms with Crippen molar-refractivity contribution in [3.63, 3.8) is 0 Å². The molecule has 1 atom stereocenters. The van der Waals surface area contributed by atoms with Crippen LogP contribution in [0.5, 0.6) is 0 Å². The van der Waals surface area contributed by atoms with Gasteiger partial charge in [-0.25, -0.2) is 8.78 Å². The Hall–Kier alpha value is -2.02. The van der Waals surface area contributed by atoms with Gasteiger partial charge in [0.1, 0.15) is 0 Å². The lowest BCUT2D eigenvalue weighted by atomic mass is 9.78. The Labute approximate surface area is 145 Å². The van der Waals surface area contributed by atoms with Gasteiger partial charge in [0, 0.05) is 38.2 Å². The summed E-state index contributed by atoms with van der Waals surface area (Å²) >= 11 is 0. The van der Waals surface area contributed by atoms with Gasteiger partial charge in [0.05, 0.1) is 12.0 Å². The molecular weight excluding hydrogens is 330 g/mol. The van der Waals surface area contributed by atoms with Crippen molar-refractivity contribution in [3.05, 3.63) is 35.4 Å². The van der Waals surface area contributed by atoms with Gasteiger partial charge in [-0.15, -0.1) is 0 Å². The van der Waals surface area contributed by atoms with E-state index in [9.17, 15) is 18.4 Å². The van der Waals surface area contributed by atoms with Crippen molar-refractivity contribution in [1.82, 2.24) is 9.80 Å². The molecule has 0 aromatic heterocycles. The third-order valence-electron chi connectivity index (χ3n) is 5.25. The third-order valence-corrected chi connectivity index (χ3v) is 5.25. The molecule has 0 aliphatic carbocycles. The van der Waals surface area contributed by atoms with Gasteiger partial charge in [-0.3, -0.25) is 9.59 Å². The van der Waals surface area contributed by atoms with Crippen LogP contribution >= 0.6 is 0 Å². The second-order valence-corrected chi connectivity index (χ2v) is 6.86. The van der Waals surface area contributed by atoms with Crippen LogP contribution in [0, 0.1) is 17.0 Å². The minimum absolute atomic E-state index is 0.0365. The van der Waals surface area contributed by atoms with Crippen LogP contribution in [0.3, 0.4) is 0 Å². The molecule has 1 aromatic carbocycles. The lowest BCUT2D eigenvalue weighted by Crippen LogP contribution is -2.50. The Kier molecular flexibility index (Phi) is 5.03. The van der Waals surface area contributed by atoms with Crippen LogP contribution in [0.4, 0.5) is 8.78 Å². The minimum atomic E-state index is -0.918. The van der Waals surface area contributed by atoms with E-state index in [4.69, 9.17) is 5.11 Å². The number of carbonyl (C=O) groups is 2. The standard InChI is InChI=1S/C18H22F2N2O3/c19-14-4-1-3-13(16(14)20)11-21-8-2-6-18(17(21)25)7-9-22(12-18)15(24)5-10-23/h1,3-4,23H,2,5-12H2. The zero-order chi connectivity index (χ0) is 18.0. The summed E-state index contributed by atoms with van der Waals surface area (Å²) in [5, 5.41) is 8.92. The molecule has 1 N–H and O–H groups in total. The van der Waals surface area contributed by atoms with Crippen molar-refractivity contribution in [2.45, 2.75) is 32.2 Å². The summed E-state index contributed by atoms with van der Waals surface area (Å²) in [6, 6.07) is 3.97. The Morgan fingerprint density at radius 3 is 2.80 bits per heavy atom. The van der Waals surface area contributed by atoms with E-state index in [0.717, 1.165) is 12.5 Å². The van der Waals surface area contributed by atoms with Gasteiger partial charge in [-0.2, -0.15) is 0 Å². The molecule has 5 nitrogen and oxygen atoms in total. The first kappa shape index (κ1) is 17.8. The quantitative estimate of drug-likeness (QED) is 0.897. The molecule has 1 spiro atoms. The molecule has 0 saturated carbocycles. The molecule has 1 unspecified atom stereocenters. The Morgan fingerprint density at radius 2 is 2.04 bits per heavy atom. The summed E-state index contributed by atoms with van der Waals surface area (Å²) in [5.74, 6) is -2.08. The Bertz CT molecular complexity index is 682. The predicted molar refractivity (Wildman–Crippen MR) is 86.3 cm³/mol.